The number of carbonyl (C=O) groups is 3. The molecule has 7 nitrogen and oxygen atoms in total. The molecule has 2 aliphatic rings. The van der Waals surface area contributed by atoms with Gasteiger partial charge in [-0.3, -0.25) is 14.6 Å². The van der Waals surface area contributed by atoms with Crippen LogP contribution in [-0.2, 0) is 33.7 Å². The zero-order valence-electron chi connectivity index (χ0n) is 20.6. The number of rotatable bonds is 6. The summed E-state index contributed by atoms with van der Waals surface area (Å²) in [6.07, 6.45) is 5.76. The Bertz CT molecular complexity index is 1380. The maximum absolute atomic E-state index is 13.3. The Hall–Kier alpha value is -4.26. The fourth-order valence-electron chi connectivity index (χ4n) is 5.08. The number of aromatic nitrogens is 1. The SMILES string of the molecule is CCOC(=O)c1ccc(CN2C(=O)C(=O)/C(=C(\O)c3ccc4c(c3)CCCC4)C2c2ccccn2)cc1. The predicted octanol–water partition coefficient (Wildman–Crippen LogP) is 4.76. The van der Waals surface area contributed by atoms with Crippen molar-refractivity contribution in [2.45, 2.75) is 45.2 Å². The van der Waals surface area contributed by atoms with Crippen molar-refractivity contribution in [1.29, 1.82) is 0 Å². The number of pyridine rings is 1. The second-order valence-electron chi connectivity index (χ2n) is 9.29. The molecule has 1 fully saturated rings. The van der Waals surface area contributed by atoms with Gasteiger partial charge in [-0.25, -0.2) is 4.79 Å². The van der Waals surface area contributed by atoms with E-state index in [0.29, 0.717) is 16.8 Å². The number of aliphatic hydroxyl groups excluding tert-OH is 1. The molecule has 188 valence electrons. The van der Waals surface area contributed by atoms with Crippen molar-refractivity contribution >= 4 is 23.4 Å². The van der Waals surface area contributed by atoms with Crippen LogP contribution in [0.2, 0.25) is 0 Å². The summed E-state index contributed by atoms with van der Waals surface area (Å²) in [5.74, 6) is -2.06. The zero-order chi connectivity index (χ0) is 25.9. The lowest BCUT2D eigenvalue weighted by Crippen LogP contribution is -2.29. The lowest BCUT2D eigenvalue weighted by Gasteiger charge is -2.25. The molecule has 0 spiro atoms. The quantitative estimate of drug-likeness (QED) is 0.229. The third-order valence-corrected chi connectivity index (χ3v) is 6.95. The lowest BCUT2D eigenvalue weighted by molar-refractivity contribution is -0.140. The highest BCUT2D eigenvalue weighted by atomic mass is 16.5. The summed E-state index contributed by atoms with van der Waals surface area (Å²) < 4.78 is 5.03. The van der Waals surface area contributed by atoms with Crippen molar-refractivity contribution in [3.63, 3.8) is 0 Å². The number of fused-ring (bicyclic) bond motifs is 1. The molecule has 1 N–H and O–H groups in total. The van der Waals surface area contributed by atoms with Gasteiger partial charge in [-0.2, -0.15) is 0 Å². The second kappa shape index (κ2) is 10.4. The minimum absolute atomic E-state index is 0.0302. The molecular formula is C30H28N2O5. The normalized spacial score (nSPS) is 18.5. The van der Waals surface area contributed by atoms with Crippen LogP contribution in [0, 0.1) is 0 Å². The molecule has 3 aromatic rings. The van der Waals surface area contributed by atoms with Crippen LogP contribution in [0.1, 0.15) is 64.1 Å². The van der Waals surface area contributed by atoms with Crippen molar-refractivity contribution in [3.05, 3.63) is 106 Å². The van der Waals surface area contributed by atoms with E-state index in [0.717, 1.165) is 31.2 Å². The van der Waals surface area contributed by atoms with E-state index in [2.05, 4.69) is 4.98 Å². The molecule has 1 unspecified atom stereocenters. The maximum atomic E-state index is 13.3. The number of aryl methyl sites for hydroxylation is 2. The number of benzene rings is 2. The van der Waals surface area contributed by atoms with E-state index in [-0.39, 0.29) is 24.5 Å². The molecule has 0 radical (unpaired) electrons. The number of carbonyl (C=O) groups excluding carboxylic acids is 3. The Labute approximate surface area is 215 Å². The zero-order valence-corrected chi connectivity index (χ0v) is 20.6. The Balaban J connectivity index is 1.53. The number of nitrogens with zero attached hydrogens (tertiary/aromatic N) is 2. The third kappa shape index (κ3) is 4.77. The van der Waals surface area contributed by atoms with Crippen molar-refractivity contribution < 1.29 is 24.2 Å². The number of aliphatic hydroxyl groups is 1. The number of amides is 1. The Morgan fingerprint density at radius 3 is 2.43 bits per heavy atom. The van der Waals surface area contributed by atoms with Gasteiger partial charge in [-0.1, -0.05) is 30.3 Å². The van der Waals surface area contributed by atoms with Gasteiger partial charge in [0.05, 0.1) is 23.4 Å². The van der Waals surface area contributed by atoms with Gasteiger partial charge in [0, 0.05) is 18.3 Å². The van der Waals surface area contributed by atoms with E-state index in [4.69, 9.17) is 4.74 Å². The van der Waals surface area contributed by atoms with Gasteiger partial charge < -0.3 is 14.7 Å². The van der Waals surface area contributed by atoms with Gasteiger partial charge in [0.25, 0.3) is 11.7 Å². The average molecular weight is 497 g/mol. The highest BCUT2D eigenvalue weighted by molar-refractivity contribution is 6.46. The summed E-state index contributed by atoms with van der Waals surface area (Å²) in [6, 6.07) is 16.9. The molecule has 5 rings (SSSR count). The largest absolute Gasteiger partial charge is 0.507 e. The van der Waals surface area contributed by atoms with E-state index in [1.54, 1.807) is 55.6 Å². The average Bonchev–Trinajstić information content (AvgIpc) is 3.18. The standard InChI is InChI=1S/C30H28N2O5/c1-2-37-30(36)21-12-10-19(11-13-21)18-32-26(24-9-5-6-16-31-24)25(28(34)29(32)35)27(33)23-15-14-20-7-3-4-8-22(20)17-23/h5-6,9-17,26,33H,2-4,7-8,18H2,1H3/b27-25-. The van der Waals surface area contributed by atoms with Gasteiger partial charge in [0.15, 0.2) is 0 Å². The predicted molar refractivity (Wildman–Crippen MR) is 138 cm³/mol. The first-order chi connectivity index (χ1) is 18.0. The summed E-state index contributed by atoms with van der Waals surface area (Å²) in [4.78, 5) is 44.4. The molecule has 1 atom stereocenters. The van der Waals surface area contributed by atoms with Gasteiger partial charge in [-0.05, 0) is 79.6 Å². The van der Waals surface area contributed by atoms with Crippen LogP contribution in [-0.4, -0.2) is 39.3 Å². The molecular weight excluding hydrogens is 468 g/mol. The van der Waals surface area contributed by atoms with Gasteiger partial charge in [0.1, 0.15) is 11.8 Å². The summed E-state index contributed by atoms with van der Waals surface area (Å²) in [5, 5.41) is 11.4. The summed E-state index contributed by atoms with van der Waals surface area (Å²) in [6.45, 7) is 2.13. The van der Waals surface area contributed by atoms with E-state index < -0.39 is 23.7 Å². The summed E-state index contributed by atoms with van der Waals surface area (Å²) in [7, 11) is 0. The first-order valence-corrected chi connectivity index (χ1v) is 12.6. The number of Topliss-reactive ketones (excluding diaryl/α,β-unsaturated/α-hetero) is 1. The highest BCUT2D eigenvalue weighted by Gasteiger charge is 2.46. The van der Waals surface area contributed by atoms with E-state index in [9.17, 15) is 19.5 Å². The molecule has 7 heteroatoms. The van der Waals surface area contributed by atoms with E-state index in [1.807, 2.05) is 18.2 Å². The first kappa shape index (κ1) is 24.4. The van der Waals surface area contributed by atoms with Crippen LogP contribution < -0.4 is 0 Å². The van der Waals surface area contributed by atoms with Crippen LogP contribution in [0.25, 0.3) is 5.76 Å². The van der Waals surface area contributed by atoms with Crippen LogP contribution in [0.3, 0.4) is 0 Å². The fourth-order valence-corrected chi connectivity index (χ4v) is 5.08. The number of ether oxygens (including phenoxy) is 1. The number of esters is 1. The minimum atomic E-state index is -0.845. The summed E-state index contributed by atoms with van der Waals surface area (Å²) >= 11 is 0. The first-order valence-electron chi connectivity index (χ1n) is 12.6. The van der Waals surface area contributed by atoms with E-state index in [1.165, 1.54) is 16.0 Å². The van der Waals surface area contributed by atoms with Crippen LogP contribution in [0.5, 0.6) is 0 Å². The molecule has 0 bridgehead atoms. The Morgan fingerprint density at radius 2 is 1.73 bits per heavy atom. The van der Waals surface area contributed by atoms with Crippen molar-refractivity contribution in [2.75, 3.05) is 6.61 Å². The Kier molecular flexibility index (Phi) is 6.86. The number of likely N-dealkylation sites (tertiary alicyclic amines) is 1. The third-order valence-electron chi connectivity index (χ3n) is 6.95. The second-order valence-corrected chi connectivity index (χ2v) is 9.29. The molecule has 0 saturated carbocycles. The van der Waals surface area contributed by atoms with Gasteiger partial charge >= 0.3 is 5.97 Å². The van der Waals surface area contributed by atoms with Crippen LogP contribution in [0.4, 0.5) is 0 Å². The number of hydrogen-bond acceptors (Lipinski definition) is 6. The lowest BCUT2D eigenvalue weighted by atomic mass is 9.89. The fraction of sp³-hybridized carbons (Fsp3) is 0.267. The van der Waals surface area contributed by atoms with Crippen molar-refractivity contribution in [3.8, 4) is 0 Å². The van der Waals surface area contributed by atoms with Crippen LogP contribution >= 0.6 is 0 Å². The number of ketones is 1. The topological polar surface area (TPSA) is 96.8 Å². The molecule has 1 aliphatic carbocycles. The molecule has 1 aliphatic heterocycles. The Morgan fingerprint density at radius 1 is 1.00 bits per heavy atom. The van der Waals surface area contributed by atoms with Gasteiger partial charge in [-0.15, -0.1) is 0 Å². The van der Waals surface area contributed by atoms with Crippen LogP contribution in [0.15, 0.2) is 72.4 Å². The molecule has 2 heterocycles. The molecule has 37 heavy (non-hydrogen) atoms. The monoisotopic (exact) mass is 496 g/mol. The van der Waals surface area contributed by atoms with E-state index >= 15 is 0 Å². The maximum Gasteiger partial charge on any atom is 0.338 e. The smallest absolute Gasteiger partial charge is 0.338 e. The molecule has 2 aromatic carbocycles. The minimum Gasteiger partial charge on any atom is -0.507 e. The summed E-state index contributed by atoms with van der Waals surface area (Å²) in [5.41, 5.74) is 4.60. The number of hydrogen-bond donors (Lipinski definition) is 1. The van der Waals surface area contributed by atoms with Crippen molar-refractivity contribution in [1.82, 2.24) is 9.88 Å². The molecule has 1 amide bonds. The molecule has 1 aromatic heterocycles. The highest BCUT2D eigenvalue weighted by Crippen LogP contribution is 2.40. The molecule has 1 saturated heterocycles. The van der Waals surface area contributed by atoms with Gasteiger partial charge in [0.2, 0.25) is 0 Å². The van der Waals surface area contributed by atoms with Crippen molar-refractivity contribution in [2.24, 2.45) is 0 Å².